The third kappa shape index (κ3) is 2.46. The van der Waals surface area contributed by atoms with Crippen LogP contribution in [-0.4, -0.2) is 9.97 Å². The molecule has 0 amide bonds. The number of rotatable bonds is 2. The van der Waals surface area contributed by atoms with Crippen molar-refractivity contribution in [3.05, 3.63) is 23.5 Å². The summed E-state index contributed by atoms with van der Waals surface area (Å²) in [6.07, 6.45) is 1.23. The molecule has 1 rings (SSSR count). The van der Waals surface area contributed by atoms with E-state index in [0.29, 0.717) is 15.9 Å². The second-order valence-corrected chi connectivity index (χ2v) is 3.37. The fourth-order valence-corrected chi connectivity index (χ4v) is 1.50. The summed E-state index contributed by atoms with van der Waals surface area (Å²) in [5.41, 5.74) is 0.493. The molecule has 0 radical (unpaired) electrons. The van der Waals surface area contributed by atoms with Gasteiger partial charge in [0.2, 0.25) is 0 Å². The van der Waals surface area contributed by atoms with E-state index < -0.39 is 0 Å². The lowest BCUT2D eigenvalue weighted by atomic mass is 10.4. The van der Waals surface area contributed by atoms with E-state index >= 15 is 0 Å². The Balaban J connectivity index is 3.02. The Morgan fingerprint density at radius 1 is 1.36 bits per heavy atom. The zero-order valence-electron chi connectivity index (χ0n) is 5.52. The summed E-state index contributed by atoms with van der Waals surface area (Å²) in [5.74, 6) is 0.381. The van der Waals surface area contributed by atoms with Crippen molar-refractivity contribution in [2.24, 2.45) is 0 Å². The highest BCUT2D eigenvalue weighted by molar-refractivity contribution is 14.1. The molecule has 0 fully saturated rings. The van der Waals surface area contributed by atoms with Crippen molar-refractivity contribution in [3.8, 4) is 0 Å². The largest absolute Gasteiger partial charge is 0.237 e. The van der Waals surface area contributed by atoms with Gasteiger partial charge in [0.25, 0.3) is 0 Å². The molecule has 0 unspecified atom stereocenters. The first-order valence-electron chi connectivity index (χ1n) is 2.90. The van der Waals surface area contributed by atoms with Crippen LogP contribution in [0.4, 0.5) is 4.39 Å². The maximum absolute atomic E-state index is 12.8. The molecule has 0 saturated heterocycles. The summed E-state index contributed by atoms with van der Waals surface area (Å²) in [6.45, 7) is 0. The molecular weight excluding hydrogens is 373 g/mol. The average Bonchev–Trinajstić information content (AvgIpc) is 2.05. The molecule has 2 nitrogen and oxygen atoms in total. The lowest BCUT2D eigenvalue weighted by Crippen LogP contribution is -1.98. The molecule has 1 aromatic rings. The van der Waals surface area contributed by atoms with Crippen LogP contribution in [0.25, 0.3) is 0 Å². The predicted molar refractivity (Wildman–Crippen MR) is 57.4 cm³/mol. The molecule has 11 heavy (non-hydrogen) atoms. The molecule has 60 valence electrons. The van der Waals surface area contributed by atoms with E-state index in [4.69, 9.17) is 0 Å². The molecule has 0 aliphatic heterocycles. The van der Waals surface area contributed by atoms with Gasteiger partial charge in [0.05, 0.1) is 16.3 Å². The lowest BCUT2D eigenvalue weighted by Gasteiger charge is -1.98. The summed E-state index contributed by atoms with van der Waals surface area (Å²) in [5, 5.41) is 0. The van der Waals surface area contributed by atoms with E-state index in [-0.39, 0.29) is 5.82 Å². The quantitative estimate of drug-likeness (QED) is 0.584. The minimum absolute atomic E-state index is 0.312. The van der Waals surface area contributed by atoms with Gasteiger partial charge in [-0.1, -0.05) is 45.2 Å². The molecule has 0 N–H and O–H groups in total. The van der Waals surface area contributed by atoms with Crippen molar-refractivity contribution in [2.45, 2.75) is 8.86 Å². The van der Waals surface area contributed by atoms with Gasteiger partial charge in [-0.05, 0) is 0 Å². The van der Waals surface area contributed by atoms with Crippen LogP contribution < -0.4 is 0 Å². The van der Waals surface area contributed by atoms with Gasteiger partial charge in [-0.25, -0.2) is 14.4 Å². The topological polar surface area (TPSA) is 25.8 Å². The molecule has 0 spiro atoms. The van der Waals surface area contributed by atoms with Gasteiger partial charge in [-0.2, -0.15) is 0 Å². The molecule has 1 aromatic heterocycles. The Morgan fingerprint density at radius 2 is 2.09 bits per heavy atom. The SMILES string of the molecule is Fc1cnc(CI)nc1CI. The first-order chi connectivity index (χ1) is 5.27. The van der Waals surface area contributed by atoms with Crippen molar-refractivity contribution in [1.82, 2.24) is 9.97 Å². The summed E-state index contributed by atoms with van der Waals surface area (Å²) < 4.78 is 14.1. The van der Waals surface area contributed by atoms with Crippen LogP contribution in [0.3, 0.4) is 0 Å². The standard InChI is InChI=1S/C6H5FI2N2/c7-4-3-10-6(2-9)11-5(4)1-8/h3H,1-2H2. The van der Waals surface area contributed by atoms with Crippen LogP contribution >= 0.6 is 45.2 Å². The molecule has 0 aliphatic rings. The fourth-order valence-electron chi connectivity index (χ4n) is 0.602. The predicted octanol–water partition coefficient (Wildman–Crippen LogP) is 2.49. The van der Waals surface area contributed by atoms with Crippen molar-refractivity contribution in [2.75, 3.05) is 0 Å². The van der Waals surface area contributed by atoms with E-state index in [2.05, 4.69) is 55.1 Å². The molecule has 0 saturated carbocycles. The summed E-state index contributed by atoms with van der Waals surface area (Å²) in [4.78, 5) is 7.82. The smallest absolute Gasteiger partial charge is 0.163 e. The molecule has 5 heteroatoms. The van der Waals surface area contributed by atoms with Gasteiger partial charge in [0, 0.05) is 4.43 Å². The lowest BCUT2D eigenvalue weighted by molar-refractivity contribution is 0.598. The third-order valence-corrected chi connectivity index (χ3v) is 2.52. The van der Waals surface area contributed by atoms with Gasteiger partial charge in [-0.15, -0.1) is 0 Å². The second-order valence-electron chi connectivity index (χ2n) is 1.85. The first kappa shape index (κ1) is 9.56. The van der Waals surface area contributed by atoms with Crippen molar-refractivity contribution >= 4 is 45.2 Å². The Kier molecular flexibility index (Phi) is 3.90. The van der Waals surface area contributed by atoms with E-state index in [1.807, 2.05) is 0 Å². The van der Waals surface area contributed by atoms with Gasteiger partial charge in [-0.3, -0.25) is 0 Å². The number of nitrogens with zero attached hydrogens (tertiary/aromatic N) is 2. The van der Waals surface area contributed by atoms with Crippen molar-refractivity contribution in [3.63, 3.8) is 0 Å². The van der Waals surface area contributed by atoms with Crippen LogP contribution in [0.2, 0.25) is 0 Å². The molecule has 0 aromatic carbocycles. The van der Waals surface area contributed by atoms with E-state index in [9.17, 15) is 4.39 Å². The highest BCUT2D eigenvalue weighted by atomic mass is 127. The highest BCUT2D eigenvalue weighted by Gasteiger charge is 2.03. The van der Waals surface area contributed by atoms with Gasteiger partial charge in [0.1, 0.15) is 5.82 Å². The maximum Gasteiger partial charge on any atom is 0.163 e. The number of aromatic nitrogens is 2. The van der Waals surface area contributed by atoms with E-state index in [0.717, 1.165) is 4.43 Å². The summed E-state index contributed by atoms with van der Waals surface area (Å²) in [6, 6.07) is 0. The van der Waals surface area contributed by atoms with Crippen LogP contribution in [0.15, 0.2) is 6.20 Å². The van der Waals surface area contributed by atoms with Crippen molar-refractivity contribution in [1.29, 1.82) is 0 Å². The van der Waals surface area contributed by atoms with E-state index in [1.54, 1.807) is 0 Å². The Labute approximate surface area is 91.3 Å². The van der Waals surface area contributed by atoms with Gasteiger partial charge < -0.3 is 0 Å². The monoisotopic (exact) mass is 378 g/mol. The van der Waals surface area contributed by atoms with Gasteiger partial charge >= 0.3 is 0 Å². The molecular formula is C6H5FI2N2. The average molecular weight is 378 g/mol. The normalized spacial score (nSPS) is 10.1. The molecule has 0 aliphatic carbocycles. The van der Waals surface area contributed by atoms with Crippen molar-refractivity contribution < 1.29 is 4.39 Å². The number of alkyl halides is 2. The number of hydrogen-bond donors (Lipinski definition) is 0. The zero-order valence-corrected chi connectivity index (χ0v) is 9.83. The van der Waals surface area contributed by atoms with E-state index in [1.165, 1.54) is 6.20 Å². The molecule has 1 heterocycles. The highest BCUT2D eigenvalue weighted by Crippen LogP contribution is 2.09. The fraction of sp³-hybridized carbons (Fsp3) is 0.333. The Hall–Kier alpha value is 0.470. The molecule has 0 bridgehead atoms. The summed E-state index contributed by atoms with van der Waals surface area (Å²) >= 11 is 4.23. The summed E-state index contributed by atoms with van der Waals surface area (Å²) in [7, 11) is 0. The van der Waals surface area contributed by atoms with Crippen LogP contribution in [-0.2, 0) is 8.86 Å². The van der Waals surface area contributed by atoms with Gasteiger partial charge in [0.15, 0.2) is 5.82 Å². The Morgan fingerprint density at radius 3 is 2.64 bits per heavy atom. The van der Waals surface area contributed by atoms with Crippen LogP contribution in [0.1, 0.15) is 11.5 Å². The Bertz CT molecular complexity index is 254. The maximum atomic E-state index is 12.8. The first-order valence-corrected chi connectivity index (χ1v) is 5.95. The van der Waals surface area contributed by atoms with Crippen LogP contribution in [0.5, 0.6) is 0 Å². The van der Waals surface area contributed by atoms with Crippen LogP contribution in [0, 0.1) is 5.82 Å². The third-order valence-electron chi connectivity index (χ3n) is 1.11. The minimum Gasteiger partial charge on any atom is -0.237 e. The zero-order chi connectivity index (χ0) is 8.27. The minimum atomic E-state index is -0.312. The number of halogens is 3. The molecule has 0 atom stereocenters. The second kappa shape index (κ2) is 4.48. The number of hydrogen-bond acceptors (Lipinski definition) is 2.